The number of rotatable bonds is 4. The fourth-order valence-electron chi connectivity index (χ4n) is 3.73. The number of esters is 1. The first-order chi connectivity index (χ1) is 12.5. The second-order valence-electron chi connectivity index (χ2n) is 6.45. The molecule has 0 bridgehead atoms. The molecule has 0 aliphatic carbocycles. The van der Waals surface area contributed by atoms with Gasteiger partial charge in [-0.25, -0.2) is 0 Å². The number of likely N-dealkylation sites (tertiary alicyclic amines) is 1. The zero-order valence-electron chi connectivity index (χ0n) is 14.8. The number of amides is 1. The number of carbonyl (C=O) groups excluding carboxylic acids is 2. The summed E-state index contributed by atoms with van der Waals surface area (Å²) in [6.07, 6.45) is -0.188. The summed E-state index contributed by atoms with van der Waals surface area (Å²) in [5, 5.41) is 9.91. The summed E-state index contributed by atoms with van der Waals surface area (Å²) in [6, 6.07) is 19.9. The molecule has 0 spiro atoms. The van der Waals surface area contributed by atoms with Crippen LogP contribution in [-0.2, 0) is 14.3 Å². The van der Waals surface area contributed by atoms with E-state index >= 15 is 0 Å². The van der Waals surface area contributed by atoms with E-state index in [1.54, 1.807) is 4.90 Å². The fourth-order valence-corrected chi connectivity index (χ4v) is 3.73. The molecule has 26 heavy (non-hydrogen) atoms. The Labute approximate surface area is 152 Å². The van der Waals surface area contributed by atoms with Crippen LogP contribution in [0.2, 0.25) is 0 Å². The van der Waals surface area contributed by atoms with E-state index in [2.05, 4.69) is 6.07 Å². The van der Waals surface area contributed by atoms with Crippen molar-refractivity contribution >= 4 is 11.9 Å². The van der Waals surface area contributed by atoms with Crippen molar-refractivity contribution in [3.63, 3.8) is 0 Å². The van der Waals surface area contributed by atoms with Crippen LogP contribution in [0, 0.1) is 16.7 Å². The fraction of sp³-hybridized carbons (Fsp3) is 0.286. The molecule has 1 aliphatic rings. The highest BCUT2D eigenvalue weighted by molar-refractivity contribution is 5.93. The Morgan fingerprint density at radius 2 is 1.77 bits per heavy atom. The van der Waals surface area contributed by atoms with Crippen LogP contribution in [-0.4, -0.2) is 23.9 Å². The van der Waals surface area contributed by atoms with Crippen LogP contribution >= 0.6 is 0 Å². The lowest BCUT2D eigenvalue weighted by Gasteiger charge is -2.35. The Hall–Kier alpha value is -3.13. The second-order valence-corrected chi connectivity index (χ2v) is 6.45. The molecular formula is C21H20N2O3. The standard InChI is InChI=1S/C21H20N2O3/c1-15(16-9-5-3-6-10-16)23-18(24)13-21(14-22,20(25)26-2)19(23)17-11-7-4-8-12-17/h3-12,15,19H,13H2,1-2H3/t15-,19-,21+/m0/s1. The van der Waals surface area contributed by atoms with E-state index in [1.165, 1.54) is 7.11 Å². The van der Waals surface area contributed by atoms with Crippen molar-refractivity contribution in [1.82, 2.24) is 4.90 Å². The third-order valence-corrected chi connectivity index (χ3v) is 5.03. The van der Waals surface area contributed by atoms with E-state index in [0.717, 1.165) is 11.1 Å². The number of nitrogens with zero attached hydrogens (tertiary/aromatic N) is 2. The Morgan fingerprint density at radius 1 is 1.19 bits per heavy atom. The maximum atomic E-state index is 12.9. The smallest absolute Gasteiger partial charge is 0.329 e. The van der Waals surface area contributed by atoms with Crippen molar-refractivity contribution in [3.8, 4) is 6.07 Å². The Balaban J connectivity index is 2.15. The Kier molecular flexibility index (Phi) is 4.77. The predicted molar refractivity (Wildman–Crippen MR) is 95.6 cm³/mol. The summed E-state index contributed by atoms with van der Waals surface area (Å²) in [5.41, 5.74) is 0.129. The predicted octanol–water partition coefficient (Wildman–Crippen LogP) is 3.40. The molecule has 0 aromatic heterocycles. The van der Waals surface area contributed by atoms with Crippen molar-refractivity contribution in [3.05, 3.63) is 71.8 Å². The van der Waals surface area contributed by atoms with Crippen LogP contribution in [0.4, 0.5) is 0 Å². The first-order valence-corrected chi connectivity index (χ1v) is 8.46. The minimum absolute atomic E-state index is 0.188. The van der Waals surface area contributed by atoms with E-state index in [1.807, 2.05) is 67.6 Å². The zero-order valence-corrected chi connectivity index (χ0v) is 14.8. The lowest BCUT2D eigenvalue weighted by Crippen LogP contribution is -2.39. The molecule has 3 atom stereocenters. The average Bonchev–Trinajstić information content (AvgIpc) is 3.01. The van der Waals surface area contributed by atoms with E-state index < -0.39 is 17.4 Å². The minimum Gasteiger partial charge on any atom is -0.468 e. The third-order valence-electron chi connectivity index (χ3n) is 5.03. The van der Waals surface area contributed by atoms with Gasteiger partial charge in [-0.15, -0.1) is 0 Å². The highest BCUT2D eigenvalue weighted by Crippen LogP contribution is 2.51. The van der Waals surface area contributed by atoms with Gasteiger partial charge in [0.15, 0.2) is 5.41 Å². The van der Waals surface area contributed by atoms with Gasteiger partial charge in [0.25, 0.3) is 0 Å². The SMILES string of the molecule is COC(=O)[C@@]1(C#N)CC(=O)N([C@@H](C)c2ccccc2)[C@H]1c1ccccc1. The van der Waals surface area contributed by atoms with Gasteiger partial charge in [0.2, 0.25) is 5.91 Å². The van der Waals surface area contributed by atoms with Crippen molar-refractivity contribution in [1.29, 1.82) is 5.26 Å². The first-order valence-electron chi connectivity index (χ1n) is 8.46. The van der Waals surface area contributed by atoms with Gasteiger partial charge in [0.1, 0.15) is 0 Å². The van der Waals surface area contributed by atoms with Crippen LogP contribution in [0.15, 0.2) is 60.7 Å². The summed E-state index contributed by atoms with van der Waals surface area (Å²) in [6.45, 7) is 1.91. The zero-order chi connectivity index (χ0) is 18.7. The quantitative estimate of drug-likeness (QED) is 0.794. The van der Waals surface area contributed by atoms with Gasteiger partial charge in [-0.05, 0) is 18.1 Å². The van der Waals surface area contributed by atoms with Gasteiger partial charge >= 0.3 is 5.97 Å². The topological polar surface area (TPSA) is 70.4 Å². The van der Waals surface area contributed by atoms with E-state index in [-0.39, 0.29) is 18.4 Å². The van der Waals surface area contributed by atoms with E-state index in [0.29, 0.717) is 0 Å². The number of carbonyl (C=O) groups is 2. The third kappa shape index (κ3) is 2.74. The molecule has 0 N–H and O–H groups in total. The summed E-state index contributed by atoms with van der Waals surface area (Å²) >= 11 is 0. The van der Waals surface area contributed by atoms with Gasteiger partial charge in [-0.3, -0.25) is 9.59 Å². The first kappa shape index (κ1) is 17.7. The monoisotopic (exact) mass is 348 g/mol. The van der Waals surface area contributed by atoms with Gasteiger partial charge in [-0.1, -0.05) is 60.7 Å². The van der Waals surface area contributed by atoms with Crippen molar-refractivity contribution < 1.29 is 14.3 Å². The molecule has 0 unspecified atom stereocenters. The average molecular weight is 348 g/mol. The molecular weight excluding hydrogens is 328 g/mol. The van der Waals surface area contributed by atoms with Crippen LogP contribution in [0.3, 0.4) is 0 Å². The van der Waals surface area contributed by atoms with Gasteiger partial charge in [-0.2, -0.15) is 5.26 Å². The summed E-state index contributed by atoms with van der Waals surface area (Å²) in [5.74, 6) is -0.910. The molecule has 1 heterocycles. The maximum absolute atomic E-state index is 12.9. The molecule has 1 fully saturated rings. The molecule has 0 radical (unpaired) electrons. The number of nitriles is 1. The molecule has 5 nitrogen and oxygen atoms in total. The van der Waals surface area contributed by atoms with Crippen LogP contribution in [0.25, 0.3) is 0 Å². The van der Waals surface area contributed by atoms with Crippen LogP contribution < -0.4 is 0 Å². The lowest BCUT2D eigenvalue weighted by molar-refractivity contribution is -0.151. The summed E-state index contributed by atoms with van der Waals surface area (Å²) < 4.78 is 4.92. The Morgan fingerprint density at radius 3 is 2.31 bits per heavy atom. The van der Waals surface area contributed by atoms with Crippen LogP contribution in [0.5, 0.6) is 0 Å². The second kappa shape index (κ2) is 7.01. The number of hydrogen-bond donors (Lipinski definition) is 0. The van der Waals surface area contributed by atoms with Crippen molar-refractivity contribution in [2.45, 2.75) is 25.4 Å². The molecule has 1 aliphatic heterocycles. The van der Waals surface area contributed by atoms with Gasteiger partial charge in [0.05, 0.1) is 31.7 Å². The molecule has 2 aromatic rings. The van der Waals surface area contributed by atoms with Crippen LogP contribution in [0.1, 0.15) is 36.6 Å². The molecule has 2 aromatic carbocycles. The normalized spacial score (nSPS) is 23.3. The number of benzene rings is 2. The van der Waals surface area contributed by atoms with E-state index in [4.69, 9.17) is 4.74 Å². The molecule has 3 rings (SSSR count). The number of hydrogen-bond acceptors (Lipinski definition) is 4. The molecule has 5 heteroatoms. The number of ether oxygens (including phenoxy) is 1. The van der Waals surface area contributed by atoms with Crippen molar-refractivity contribution in [2.75, 3.05) is 7.11 Å². The summed E-state index contributed by atoms with van der Waals surface area (Å²) in [7, 11) is 1.25. The van der Waals surface area contributed by atoms with E-state index in [9.17, 15) is 14.9 Å². The summed E-state index contributed by atoms with van der Waals surface area (Å²) in [4.78, 5) is 27.2. The molecule has 0 saturated carbocycles. The van der Waals surface area contributed by atoms with Gasteiger partial charge in [0, 0.05) is 0 Å². The minimum atomic E-state index is -1.56. The molecule has 1 saturated heterocycles. The lowest BCUT2D eigenvalue weighted by atomic mass is 9.78. The number of methoxy groups -OCH3 is 1. The van der Waals surface area contributed by atoms with Crippen molar-refractivity contribution in [2.24, 2.45) is 5.41 Å². The van der Waals surface area contributed by atoms with Gasteiger partial charge < -0.3 is 9.64 Å². The maximum Gasteiger partial charge on any atom is 0.329 e. The highest BCUT2D eigenvalue weighted by Gasteiger charge is 2.60. The molecule has 1 amide bonds. The largest absolute Gasteiger partial charge is 0.468 e. The molecule has 132 valence electrons. The Bertz CT molecular complexity index is 845. The highest BCUT2D eigenvalue weighted by atomic mass is 16.5.